The highest BCUT2D eigenvalue weighted by atomic mass is 16.5. The molecule has 0 N–H and O–H groups in total. The number of aryl methyl sites for hydroxylation is 1. The van der Waals surface area contributed by atoms with E-state index < -0.39 is 0 Å². The Kier molecular flexibility index (Phi) is 4.65. The fraction of sp³-hybridized carbons (Fsp3) is 0.444. The first kappa shape index (κ1) is 15.6. The number of benzene rings is 1. The van der Waals surface area contributed by atoms with Crippen molar-refractivity contribution >= 4 is 16.8 Å². The zero-order chi connectivity index (χ0) is 16.2. The molecular formula is C18H22N2O3. The number of rotatable bonds is 3. The van der Waals surface area contributed by atoms with Gasteiger partial charge in [-0.1, -0.05) is 25.0 Å². The Labute approximate surface area is 135 Å². The lowest BCUT2D eigenvalue weighted by molar-refractivity contribution is -0.133. The molecule has 0 radical (unpaired) electrons. The van der Waals surface area contributed by atoms with E-state index >= 15 is 0 Å². The normalized spacial score (nSPS) is 15.4. The molecule has 3 rings (SSSR count). The number of fused-ring (bicyclic) bond motifs is 1. The van der Waals surface area contributed by atoms with Crippen LogP contribution >= 0.6 is 0 Å². The van der Waals surface area contributed by atoms with Gasteiger partial charge in [0.25, 0.3) is 11.5 Å². The summed E-state index contributed by atoms with van der Waals surface area (Å²) in [5.41, 5.74) is 0.665. The summed E-state index contributed by atoms with van der Waals surface area (Å²) in [7, 11) is 1.73. The van der Waals surface area contributed by atoms with Crippen molar-refractivity contribution in [2.45, 2.75) is 25.7 Å². The minimum Gasteiger partial charge on any atom is -0.483 e. The Bertz CT molecular complexity index is 758. The van der Waals surface area contributed by atoms with Crippen LogP contribution in [0.25, 0.3) is 10.9 Å². The molecule has 2 heterocycles. The predicted octanol–water partition coefficient (Wildman–Crippen LogP) is 2.32. The zero-order valence-corrected chi connectivity index (χ0v) is 13.5. The van der Waals surface area contributed by atoms with Crippen molar-refractivity contribution in [2.75, 3.05) is 19.7 Å². The number of carbonyl (C=O) groups is 1. The van der Waals surface area contributed by atoms with Gasteiger partial charge >= 0.3 is 0 Å². The largest absolute Gasteiger partial charge is 0.483 e. The summed E-state index contributed by atoms with van der Waals surface area (Å²) in [6, 6.07) is 9.02. The molecule has 1 fully saturated rings. The maximum atomic E-state index is 12.3. The van der Waals surface area contributed by atoms with Gasteiger partial charge in [-0.15, -0.1) is 0 Å². The second-order valence-electron chi connectivity index (χ2n) is 6.01. The molecule has 0 aliphatic carbocycles. The van der Waals surface area contributed by atoms with Crippen LogP contribution in [0.1, 0.15) is 25.7 Å². The first-order chi connectivity index (χ1) is 11.2. The quantitative estimate of drug-likeness (QED) is 0.873. The van der Waals surface area contributed by atoms with Gasteiger partial charge in [0.2, 0.25) is 0 Å². The lowest BCUT2D eigenvalue weighted by Crippen LogP contribution is -2.35. The molecule has 23 heavy (non-hydrogen) atoms. The smallest absolute Gasteiger partial charge is 0.260 e. The average molecular weight is 314 g/mol. The van der Waals surface area contributed by atoms with Gasteiger partial charge in [0.15, 0.2) is 6.61 Å². The SMILES string of the molecule is Cn1c(=O)cc(OCC(=O)N2CCCCCC2)c2ccccc21. The number of para-hydroxylation sites is 1. The number of carbonyl (C=O) groups excluding carboxylic acids is 1. The van der Waals surface area contributed by atoms with Gasteiger partial charge in [-0.2, -0.15) is 0 Å². The lowest BCUT2D eigenvalue weighted by atomic mass is 10.2. The summed E-state index contributed by atoms with van der Waals surface area (Å²) in [6.45, 7) is 1.59. The number of amides is 1. The molecule has 0 spiro atoms. The molecule has 1 aromatic heterocycles. The second-order valence-corrected chi connectivity index (χ2v) is 6.01. The maximum Gasteiger partial charge on any atom is 0.260 e. The molecule has 1 aliphatic heterocycles. The zero-order valence-electron chi connectivity index (χ0n) is 13.5. The van der Waals surface area contributed by atoms with E-state index in [-0.39, 0.29) is 18.1 Å². The summed E-state index contributed by atoms with van der Waals surface area (Å²) in [4.78, 5) is 26.2. The molecule has 1 amide bonds. The third-order valence-corrected chi connectivity index (χ3v) is 4.43. The molecule has 2 aromatic rings. The molecule has 0 atom stereocenters. The molecule has 0 unspecified atom stereocenters. The molecule has 5 heteroatoms. The van der Waals surface area contributed by atoms with Crippen LogP contribution in [0.5, 0.6) is 5.75 Å². The number of aromatic nitrogens is 1. The van der Waals surface area contributed by atoms with Crippen LogP contribution in [-0.2, 0) is 11.8 Å². The highest BCUT2D eigenvalue weighted by molar-refractivity contribution is 5.86. The summed E-state index contributed by atoms with van der Waals surface area (Å²) in [6.07, 6.45) is 4.48. The first-order valence-corrected chi connectivity index (χ1v) is 8.16. The summed E-state index contributed by atoms with van der Waals surface area (Å²) >= 11 is 0. The molecule has 1 aliphatic rings. The number of hydrogen-bond donors (Lipinski definition) is 0. The molecular weight excluding hydrogens is 292 g/mol. The van der Waals surface area contributed by atoms with Crippen LogP contribution in [0.2, 0.25) is 0 Å². The van der Waals surface area contributed by atoms with Gasteiger partial charge in [0.1, 0.15) is 5.75 Å². The molecule has 1 aromatic carbocycles. The van der Waals surface area contributed by atoms with Crippen molar-refractivity contribution in [3.8, 4) is 5.75 Å². The van der Waals surface area contributed by atoms with E-state index in [9.17, 15) is 9.59 Å². The summed E-state index contributed by atoms with van der Waals surface area (Å²) < 4.78 is 7.29. The highest BCUT2D eigenvalue weighted by Gasteiger charge is 2.17. The van der Waals surface area contributed by atoms with Crippen molar-refractivity contribution in [3.63, 3.8) is 0 Å². The van der Waals surface area contributed by atoms with Crippen molar-refractivity contribution in [1.82, 2.24) is 9.47 Å². The van der Waals surface area contributed by atoms with E-state index in [1.54, 1.807) is 11.6 Å². The van der Waals surface area contributed by atoms with E-state index in [0.29, 0.717) is 5.75 Å². The number of likely N-dealkylation sites (tertiary alicyclic amines) is 1. The number of hydrogen-bond acceptors (Lipinski definition) is 3. The van der Waals surface area contributed by atoms with Crippen LogP contribution in [-0.4, -0.2) is 35.1 Å². The van der Waals surface area contributed by atoms with Crippen molar-refractivity contribution in [1.29, 1.82) is 0 Å². The minimum atomic E-state index is -0.138. The van der Waals surface area contributed by atoms with E-state index in [2.05, 4.69) is 0 Å². The fourth-order valence-corrected chi connectivity index (χ4v) is 3.05. The van der Waals surface area contributed by atoms with Crippen LogP contribution in [0.3, 0.4) is 0 Å². The Morgan fingerprint density at radius 1 is 1.13 bits per heavy atom. The first-order valence-electron chi connectivity index (χ1n) is 8.16. The Balaban J connectivity index is 1.78. The van der Waals surface area contributed by atoms with Gasteiger partial charge in [-0.05, 0) is 25.0 Å². The third-order valence-electron chi connectivity index (χ3n) is 4.43. The third kappa shape index (κ3) is 3.38. The standard InChI is InChI=1S/C18H22N2O3/c1-19-15-9-5-4-8-14(15)16(12-17(19)21)23-13-18(22)20-10-6-2-3-7-11-20/h4-5,8-9,12H,2-3,6-7,10-11,13H2,1H3. The van der Waals surface area contributed by atoms with Gasteiger partial charge in [-0.3, -0.25) is 9.59 Å². The maximum absolute atomic E-state index is 12.3. The van der Waals surface area contributed by atoms with E-state index in [4.69, 9.17) is 4.74 Å². The second kappa shape index (κ2) is 6.86. The topological polar surface area (TPSA) is 51.5 Å². The Morgan fingerprint density at radius 2 is 1.83 bits per heavy atom. The number of pyridine rings is 1. The molecule has 1 saturated heterocycles. The summed E-state index contributed by atoms with van der Waals surface area (Å²) in [5, 5.41) is 0.846. The Morgan fingerprint density at radius 3 is 2.57 bits per heavy atom. The monoisotopic (exact) mass is 314 g/mol. The van der Waals surface area contributed by atoms with Crippen molar-refractivity contribution in [3.05, 3.63) is 40.7 Å². The minimum absolute atomic E-state index is 0.00309. The number of ether oxygens (including phenoxy) is 1. The van der Waals surface area contributed by atoms with Gasteiger partial charge < -0.3 is 14.2 Å². The van der Waals surface area contributed by atoms with Crippen LogP contribution in [0.15, 0.2) is 35.1 Å². The van der Waals surface area contributed by atoms with E-state index in [1.165, 1.54) is 18.9 Å². The van der Waals surface area contributed by atoms with Crippen LogP contribution in [0.4, 0.5) is 0 Å². The molecule has 0 bridgehead atoms. The van der Waals surface area contributed by atoms with E-state index in [1.807, 2.05) is 29.2 Å². The molecule has 122 valence electrons. The Hall–Kier alpha value is -2.30. The molecule has 0 saturated carbocycles. The average Bonchev–Trinajstić information content (AvgIpc) is 2.86. The van der Waals surface area contributed by atoms with Crippen molar-refractivity contribution < 1.29 is 9.53 Å². The predicted molar refractivity (Wildman–Crippen MR) is 89.7 cm³/mol. The lowest BCUT2D eigenvalue weighted by Gasteiger charge is -2.20. The van der Waals surface area contributed by atoms with Crippen LogP contribution in [0, 0.1) is 0 Å². The summed E-state index contributed by atoms with van der Waals surface area (Å²) in [5.74, 6) is 0.475. The fourth-order valence-electron chi connectivity index (χ4n) is 3.05. The van der Waals surface area contributed by atoms with Crippen LogP contribution < -0.4 is 10.3 Å². The van der Waals surface area contributed by atoms with Gasteiger partial charge in [0.05, 0.1) is 5.52 Å². The van der Waals surface area contributed by atoms with E-state index in [0.717, 1.165) is 36.8 Å². The van der Waals surface area contributed by atoms with Crippen molar-refractivity contribution in [2.24, 2.45) is 7.05 Å². The highest BCUT2D eigenvalue weighted by Crippen LogP contribution is 2.23. The number of nitrogens with zero attached hydrogens (tertiary/aromatic N) is 2. The molecule has 5 nitrogen and oxygen atoms in total. The van der Waals surface area contributed by atoms with Gasteiger partial charge in [0, 0.05) is 31.6 Å². The van der Waals surface area contributed by atoms with Gasteiger partial charge in [-0.25, -0.2) is 0 Å².